The Labute approximate surface area is 109 Å². The van der Waals surface area contributed by atoms with E-state index in [1.165, 1.54) is 30.5 Å². The van der Waals surface area contributed by atoms with Gasteiger partial charge in [-0.2, -0.15) is 0 Å². The van der Waals surface area contributed by atoms with Crippen LogP contribution in [0, 0.1) is 6.92 Å². The molecule has 0 saturated carbocycles. The summed E-state index contributed by atoms with van der Waals surface area (Å²) in [5.74, 6) is 0. The zero-order valence-electron chi connectivity index (χ0n) is 10.7. The molecule has 0 radical (unpaired) electrons. The molecule has 17 heavy (non-hydrogen) atoms. The summed E-state index contributed by atoms with van der Waals surface area (Å²) < 4.78 is 0. The lowest BCUT2D eigenvalue weighted by molar-refractivity contribution is 0.403. The van der Waals surface area contributed by atoms with Gasteiger partial charge in [-0.3, -0.25) is 0 Å². The molecule has 2 rings (SSSR count). The van der Waals surface area contributed by atoms with Gasteiger partial charge in [0.1, 0.15) is 0 Å². The van der Waals surface area contributed by atoms with E-state index in [0.29, 0.717) is 6.04 Å². The highest BCUT2D eigenvalue weighted by atomic mass is 35.5. The number of halogens is 1. The van der Waals surface area contributed by atoms with Crippen molar-refractivity contribution in [3.8, 4) is 0 Å². The summed E-state index contributed by atoms with van der Waals surface area (Å²) in [5.41, 5.74) is 2.53. The fraction of sp³-hybridized carbons (Fsp3) is 0.571. The first-order valence-corrected chi connectivity index (χ1v) is 6.75. The van der Waals surface area contributed by atoms with Crippen LogP contribution in [0.4, 0.5) is 5.69 Å². The molecule has 94 valence electrons. The highest BCUT2D eigenvalue weighted by molar-refractivity contribution is 6.30. The lowest BCUT2D eigenvalue weighted by atomic mass is 10.0. The minimum Gasteiger partial charge on any atom is -0.373 e. The zero-order valence-corrected chi connectivity index (χ0v) is 11.4. The third-order valence-electron chi connectivity index (χ3n) is 3.48. The van der Waals surface area contributed by atoms with Crippen molar-refractivity contribution in [1.29, 1.82) is 0 Å². The van der Waals surface area contributed by atoms with Crippen molar-refractivity contribution in [1.82, 2.24) is 5.32 Å². The average molecular weight is 253 g/mol. The summed E-state index contributed by atoms with van der Waals surface area (Å²) >= 11 is 5.98. The highest BCUT2D eigenvalue weighted by Gasteiger charge is 2.15. The number of hydrogen-bond donors (Lipinski definition) is 1. The SMILES string of the molecule is Cc1cc(Cl)ccc1N(C)CC1CCCCN1. The maximum absolute atomic E-state index is 5.98. The average Bonchev–Trinajstić information content (AvgIpc) is 2.30. The summed E-state index contributed by atoms with van der Waals surface area (Å²) in [6.45, 7) is 4.35. The number of aryl methyl sites for hydroxylation is 1. The molecule has 1 unspecified atom stereocenters. The topological polar surface area (TPSA) is 15.3 Å². The Hall–Kier alpha value is -0.730. The second kappa shape index (κ2) is 5.74. The molecule has 1 saturated heterocycles. The molecule has 1 aliphatic rings. The van der Waals surface area contributed by atoms with Crippen LogP contribution >= 0.6 is 11.6 Å². The summed E-state index contributed by atoms with van der Waals surface area (Å²) in [7, 11) is 2.16. The Bertz CT molecular complexity index is 372. The molecule has 1 atom stereocenters. The van der Waals surface area contributed by atoms with Crippen molar-refractivity contribution < 1.29 is 0 Å². The summed E-state index contributed by atoms with van der Waals surface area (Å²) in [6, 6.07) is 6.74. The smallest absolute Gasteiger partial charge is 0.0410 e. The third-order valence-corrected chi connectivity index (χ3v) is 3.71. The largest absolute Gasteiger partial charge is 0.373 e. The maximum atomic E-state index is 5.98. The van der Waals surface area contributed by atoms with Crippen LogP contribution in [-0.4, -0.2) is 26.2 Å². The van der Waals surface area contributed by atoms with Crippen LogP contribution in [0.15, 0.2) is 18.2 Å². The Kier molecular flexibility index (Phi) is 4.30. The van der Waals surface area contributed by atoms with Crippen molar-refractivity contribution >= 4 is 17.3 Å². The van der Waals surface area contributed by atoms with E-state index in [9.17, 15) is 0 Å². The number of hydrogen-bond acceptors (Lipinski definition) is 2. The molecule has 1 aromatic rings. The Morgan fingerprint density at radius 1 is 1.41 bits per heavy atom. The quantitative estimate of drug-likeness (QED) is 0.889. The second-order valence-corrected chi connectivity index (χ2v) is 5.39. The van der Waals surface area contributed by atoms with Crippen LogP contribution in [0.3, 0.4) is 0 Å². The minimum atomic E-state index is 0.629. The van der Waals surface area contributed by atoms with Crippen molar-refractivity contribution in [2.45, 2.75) is 32.2 Å². The van der Waals surface area contributed by atoms with Crippen LogP contribution in [0.5, 0.6) is 0 Å². The summed E-state index contributed by atoms with van der Waals surface area (Å²) in [4.78, 5) is 2.33. The molecule has 0 spiro atoms. The van der Waals surface area contributed by atoms with Gasteiger partial charge in [0.25, 0.3) is 0 Å². The van der Waals surface area contributed by atoms with Gasteiger partial charge in [-0.25, -0.2) is 0 Å². The predicted molar refractivity (Wildman–Crippen MR) is 75.1 cm³/mol. The Morgan fingerprint density at radius 2 is 2.24 bits per heavy atom. The van der Waals surface area contributed by atoms with E-state index in [4.69, 9.17) is 11.6 Å². The standard InChI is InChI=1S/C14H21ClN2/c1-11-9-12(15)6-7-14(11)17(2)10-13-5-3-4-8-16-13/h6-7,9,13,16H,3-5,8,10H2,1-2H3. The molecule has 1 aromatic carbocycles. The molecule has 0 bridgehead atoms. The fourth-order valence-electron chi connectivity index (χ4n) is 2.56. The summed E-state index contributed by atoms with van der Waals surface area (Å²) in [5, 5.41) is 4.40. The van der Waals surface area contributed by atoms with Crippen LogP contribution < -0.4 is 10.2 Å². The van der Waals surface area contributed by atoms with E-state index in [2.05, 4.69) is 30.3 Å². The van der Waals surface area contributed by atoms with Crippen LogP contribution in [0.1, 0.15) is 24.8 Å². The first-order chi connectivity index (χ1) is 8.16. The van der Waals surface area contributed by atoms with Gasteiger partial charge in [0.2, 0.25) is 0 Å². The monoisotopic (exact) mass is 252 g/mol. The number of nitrogens with one attached hydrogen (secondary N) is 1. The van der Waals surface area contributed by atoms with Gasteiger partial charge < -0.3 is 10.2 Å². The van der Waals surface area contributed by atoms with Gasteiger partial charge in [-0.15, -0.1) is 0 Å². The van der Waals surface area contributed by atoms with E-state index < -0.39 is 0 Å². The number of anilines is 1. The fourth-order valence-corrected chi connectivity index (χ4v) is 2.78. The van der Waals surface area contributed by atoms with Crippen molar-refractivity contribution in [2.75, 3.05) is 25.0 Å². The van der Waals surface area contributed by atoms with Gasteiger partial charge in [-0.05, 0) is 50.1 Å². The van der Waals surface area contributed by atoms with Gasteiger partial charge in [0, 0.05) is 30.3 Å². The van der Waals surface area contributed by atoms with Gasteiger partial charge in [-0.1, -0.05) is 18.0 Å². The van der Waals surface area contributed by atoms with E-state index in [-0.39, 0.29) is 0 Å². The van der Waals surface area contributed by atoms with E-state index in [0.717, 1.165) is 18.1 Å². The van der Waals surface area contributed by atoms with E-state index >= 15 is 0 Å². The molecule has 0 aliphatic carbocycles. The Balaban J connectivity index is 2.00. The van der Waals surface area contributed by atoms with Crippen LogP contribution in [0.25, 0.3) is 0 Å². The van der Waals surface area contributed by atoms with Crippen LogP contribution in [-0.2, 0) is 0 Å². The molecule has 3 heteroatoms. The predicted octanol–water partition coefficient (Wildman–Crippen LogP) is 3.23. The van der Waals surface area contributed by atoms with E-state index in [1.807, 2.05) is 12.1 Å². The molecular formula is C14H21ClN2. The molecule has 2 nitrogen and oxygen atoms in total. The first-order valence-electron chi connectivity index (χ1n) is 6.37. The number of rotatable bonds is 3. The number of benzene rings is 1. The second-order valence-electron chi connectivity index (χ2n) is 4.96. The first kappa shape index (κ1) is 12.7. The summed E-state index contributed by atoms with van der Waals surface area (Å²) in [6.07, 6.45) is 3.96. The molecule has 0 amide bonds. The van der Waals surface area contributed by atoms with Crippen molar-refractivity contribution in [2.24, 2.45) is 0 Å². The number of nitrogens with zero attached hydrogens (tertiary/aromatic N) is 1. The molecular weight excluding hydrogens is 232 g/mol. The zero-order chi connectivity index (χ0) is 12.3. The van der Waals surface area contributed by atoms with Crippen LogP contribution in [0.2, 0.25) is 5.02 Å². The molecule has 1 fully saturated rings. The van der Waals surface area contributed by atoms with Gasteiger partial charge in [0.05, 0.1) is 0 Å². The molecule has 1 heterocycles. The molecule has 0 aromatic heterocycles. The van der Waals surface area contributed by atoms with Crippen molar-refractivity contribution in [3.05, 3.63) is 28.8 Å². The number of likely N-dealkylation sites (N-methyl/N-ethyl adjacent to an activating group) is 1. The van der Waals surface area contributed by atoms with Gasteiger partial charge in [0.15, 0.2) is 0 Å². The Morgan fingerprint density at radius 3 is 2.88 bits per heavy atom. The lowest BCUT2D eigenvalue weighted by Crippen LogP contribution is -2.42. The third kappa shape index (κ3) is 3.36. The molecule has 1 N–H and O–H groups in total. The highest BCUT2D eigenvalue weighted by Crippen LogP contribution is 2.23. The number of piperidine rings is 1. The normalized spacial score (nSPS) is 20.3. The lowest BCUT2D eigenvalue weighted by Gasteiger charge is -2.30. The van der Waals surface area contributed by atoms with Crippen molar-refractivity contribution in [3.63, 3.8) is 0 Å². The van der Waals surface area contributed by atoms with E-state index in [1.54, 1.807) is 0 Å². The maximum Gasteiger partial charge on any atom is 0.0410 e. The van der Waals surface area contributed by atoms with Gasteiger partial charge >= 0.3 is 0 Å². The molecule has 1 aliphatic heterocycles. The minimum absolute atomic E-state index is 0.629.